The Morgan fingerprint density at radius 2 is 1.21 bits per heavy atom. The van der Waals surface area contributed by atoms with Gasteiger partial charge in [-0.15, -0.1) is 13.2 Å². The van der Waals surface area contributed by atoms with Gasteiger partial charge in [-0.3, -0.25) is 9.80 Å². The van der Waals surface area contributed by atoms with Crippen LogP contribution in [0.15, 0.2) is 61.7 Å². The summed E-state index contributed by atoms with van der Waals surface area (Å²) in [6.45, 7) is 12.7. The van der Waals surface area contributed by atoms with Crippen LogP contribution in [-0.4, -0.2) is 36.4 Å². The number of para-hydroxylation sites is 2. The van der Waals surface area contributed by atoms with E-state index in [1.54, 1.807) is 0 Å². The molecule has 0 amide bonds. The van der Waals surface area contributed by atoms with Crippen LogP contribution in [0.1, 0.15) is 22.3 Å². The number of allylic oxidation sites excluding steroid dienone is 2. The van der Waals surface area contributed by atoms with E-state index in [-0.39, 0.29) is 0 Å². The summed E-state index contributed by atoms with van der Waals surface area (Å²) in [5.74, 6) is 2.09. The molecule has 2 aliphatic heterocycles. The standard InChI is InChI=1S/C24H28N2O2/c1-3-7-19-9-5-11-21-15-25(17-27-23(19)21)13-14-26-16-22-12-6-10-20(8-4-2)24(22)28-18-26/h3-6,9-12H,1-2,7-8,13-18H2. The molecular formula is C24H28N2O2. The molecule has 0 saturated heterocycles. The highest BCUT2D eigenvalue weighted by Crippen LogP contribution is 2.31. The number of hydrogen-bond donors (Lipinski definition) is 0. The topological polar surface area (TPSA) is 24.9 Å². The van der Waals surface area contributed by atoms with Crippen LogP contribution in [-0.2, 0) is 25.9 Å². The van der Waals surface area contributed by atoms with Crippen LogP contribution in [0.4, 0.5) is 0 Å². The van der Waals surface area contributed by atoms with Gasteiger partial charge in [0.15, 0.2) is 0 Å². The van der Waals surface area contributed by atoms with Crippen molar-refractivity contribution >= 4 is 0 Å². The summed E-state index contributed by atoms with van der Waals surface area (Å²) >= 11 is 0. The maximum atomic E-state index is 6.08. The average Bonchev–Trinajstić information content (AvgIpc) is 2.73. The summed E-state index contributed by atoms with van der Waals surface area (Å²) in [5, 5.41) is 0. The third-order valence-electron chi connectivity index (χ3n) is 5.39. The highest BCUT2D eigenvalue weighted by atomic mass is 16.5. The summed E-state index contributed by atoms with van der Waals surface area (Å²) in [6.07, 6.45) is 5.56. The Hall–Kier alpha value is -2.56. The van der Waals surface area contributed by atoms with E-state index in [9.17, 15) is 0 Å². The van der Waals surface area contributed by atoms with Crippen LogP contribution >= 0.6 is 0 Å². The molecule has 0 unspecified atom stereocenters. The SMILES string of the molecule is C=CCc1cccc2c1OCN(CCN1COc3c(CC=C)cccc3C1)C2. The van der Waals surface area contributed by atoms with Gasteiger partial charge in [0, 0.05) is 37.3 Å². The van der Waals surface area contributed by atoms with Crippen LogP contribution in [0.3, 0.4) is 0 Å². The molecule has 2 aromatic rings. The lowest BCUT2D eigenvalue weighted by Crippen LogP contribution is -2.41. The van der Waals surface area contributed by atoms with E-state index >= 15 is 0 Å². The van der Waals surface area contributed by atoms with E-state index in [0.29, 0.717) is 13.5 Å². The number of fused-ring (bicyclic) bond motifs is 2. The summed E-state index contributed by atoms with van der Waals surface area (Å²) in [4.78, 5) is 4.70. The summed E-state index contributed by atoms with van der Waals surface area (Å²) < 4.78 is 12.2. The fraction of sp³-hybridized carbons (Fsp3) is 0.333. The van der Waals surface area contributed by atoms with Crippen molar-refractivity contribution in [1.29, 1.82) is 0 Å². The average molecular weight is 377 g/mol. The van der Waals surface area contributed by atoms with Crippen molar-refractivity contribution in [3.8, 4) is 11.5 Å². The number of rotatable bonds is 7. The second kappa shape index (κ2) is 8.63. The smallest absolute Gasteiger partial charge is 0.142 e. The first-order chi connectivity index (χ1) is 13.8. The lowest BCUT2D eigenvalue weighted by molar-refractivity contribution is 0.0514. The molecule has 0 radical (unpaired) electrons. The number of ether oxygens (including phenoxy) is 2. The van der Waals surface area contributed by atoms with Crippen molar-refractivity contribution in [2.45, 2.75) is 25.9 Å². The minimum absolute atomic E-state index is 0.635. The fourth-order valence-electron chi connectivity index (χ4n) is 3.98. The van der Waals surface area contributed by atoms with Crippen molar-refractivity contribution in [2.75, 3.05) is 26.6 Å². The summed E-state index contributed by atoms with van der Waals surface area (Å²) in [5.41, 5.74) is 4.98. The predicted molar refractivity (Wildman–Crippen MR) is 112 cm³/mol. The van der Waals surface area contributed by atoms with Crippen LogP contribution < -0.4 is 9.47 Å². The van der Waals surface area contributed by atoms with Crippen LogP contribution in [0, 0.1) is 0 Å². The monoisotopic (exact) mass is 376 g/mol. The Balaban J connectivity index is 1.35. The molecule has 4 rings (SSSR count). The highest BCUT2D eigenvalue weighted by Gasteiger charge is 2.23. The molecule has 0 N–H and O–H groups in total. The van der Waals surface area contributed by atoms with Gasteiger partial charge in [0.2, 0.25) is 0 Å². The Bertz CT molecular complexity index is 790. The number of hydrogen-bond acceptors (Lipinski definition) is 4. The maximum Gasteiger partial charge on any atom is 0.142 e. The minimum atomic E-state index is 0.635. The van der Waals surface area contributed by atoms with Gasteiger partial charge in [-0.2, -0.15) is 0 Å². The molecule has 0 fully saturated rings. The Morgan fingerprint density at radius 3 is 1.64 bits per heavy atom. The van der Waals surface area contributed by atoms with E-state index < -0.39 is 0 Å². The minimum Gasteiger partial charge on any atom is -0.477 e. The van der Waals surface area contributed by atoms with Crippen molar-refractivity contribution in [3.63, 3.8) is 0 Å². The second-order valence-electron chi connectivity index (χ2n) is 7.45. The zero-order chi connectivity index (χ0) is 19.3. The molecule has 0 bridgehead atoms. The molecule has 2 aromatic carbocycles. The molecule has 0 spiro atoms. The van der Waals surface area contributed by atoms with Gasteiger partial charge in [-0.25, -0.2) is 0 Å². The molecule has 2 aliphatic rings. The third-order valence-corrected chi connectivity index (χ3v) is 5.39. The molecule has 28 heavy (non-hydrogen) atoms. The van der Waals surface area contributed by atoms with Gasteiger partial charge in [0.05, 0.1) is 0 Å². The van der Waals surface area contributed by atoms with E-state index in [1.807, 2.05) is 12.2 Å². The highest BCUT2D eigenvalue weighted by molar-refractivity contribution is 5.44. The number of nitrogens with zero attached hydrogens (tertiary/aromatic N) is 2. The molecule has 0 aliphatic carbocycles. The predicted octanol–water partition coefficient (Wildman–Crippen LogP) is 4.15. The van der Waals surface area contributed by atoms with Gasteiger partial charge in [-0.05, 0) is 24.0 Å². The van der Waals surface area contributed by atoms with E-state index in [4.69, 9.17) is 9.47 Å². The Morgan fingerprint density at radius 1 is 0.750 bits per heavy atom. The van der Waals surface area contributed by atoms with Crippen molar-refractivity contribution in [3.05, 3.63) is 84.0 Å². The molecule has 146 valence electrons. The first-order valence-corrected chi connectivity index (χ1v) is 9.92. The van der Waals surface area contributed by atoms with Gasteiger partial charge in [0.25, 0.3) is 0 Å². The van der Waals surface area contributed by atoms with E-state index in [2.05, 4.69) is 59.4 Å². The molecule has 0 atom stereocenters. The van der Waals surface area contributed by atoms with Crippen LogP contribution in [0.2, 0.25) is 0 Å². The Kier molecular flexibility index (Phi) is 5.79. The molecule has 0 saturated carbocycles. The lowest BCUT2D eigenvalue weighted by atomic mass is 10.0. The molecular weight excluding hydrogens is 348 g/mol. The van der Waals surface area contributed by atoms with Crippen LogP contribution in [0.25, 0.3) is 0 Å². The van der Waals surface area contributed by atoms with E-state index in [0.717, 1.165) is 50.5 Å². The maximum absolute atomic E-state index is 6.08. The zero-order valence-electron chi connectivity index (χ0n) is 16.4. The number of benzene rings is 2. The molecule has 2 heterocycles. The van der Waals surface area contributed by atoms with Crippen molar-refractivity contribution < 1.29 is 9.47 Å². The first-order valence-electron chi connectivity index (χ1n) is 9.92. The first kappa shape index (κ1) is 18.8. The third kappa shape index (κ3) is 3.98. The largest absolute Gasteiger partial charge is 0.477 e. The van der Waals surface area contributed by atoms with Crippen LogP contribution in [0.5, 0.6) is 11.5 Å². The molecule has 4 heteroatoms. The summed E-state index contributed by atoms with van der Waals surface area (Å²) in [6, 6.07) is 12.8. The molecule has 0 aromatic heterocycles. The quantitative estimate of drug-likeness (QED) is 0.678. The van der Waals surface area contributed by atoms with Gasteiger partial charge < -0.3 is 9.47 Å². The van der Waals surface area contributed by atoms with Gasteiger partial charge in [-0.1, -0.05) is 48.6 Å². The van der Waals surface area contributed by atoms with Gasteiger partial charge >= 0.3 is 0 Å². The van der Waals surface area contributed by atoms with Crippen molar-refractivity contribution in [2.24, 2.45) is 0 Å². The lowest BCUT2D eigenvalue weighted by Gasteiger charge is -2.34. The molecule has 4 nitrogen and oxygen atoms in total. The van der Waals surface area contributed by atoms with Crippen molar-refractivity contribution in [1.82, 2.24) is 9.80 Å². The Labute approximate surface area is 167 Å². The normalized spacial score (nSPS) is 16.4. The van der Waals surface area contributed by atoms with Gasteiger partial charge in [0.1, 0.15) is 25.0 Å². The zero-order valence-corrected chi connectivity index (χ0v) is 16.4. The van der Waals surface area contributed by atoms with E-state index in [1.165, 1.54) is 22.3 Å². The second-order valence-corrected chi connectivity index (χ2v) is 7.45. The summed E-state index contributed by atoms with van der Waals surface area (Å²) in [7, 11) is 0. The fourth-order valence-corrected chi connectivity index (χ4v) is 3.98.